The van der Waals surface area contributed by atoms with Crippen molar-refractivity contribution in [3.8, 4) is 5.75 Å². The quantitative estimate of drug-likeness (QED) is 0.660. The van der Waals surface area contributed by atoms with E-state index in [2.05, 4.69) is 10.6 Å². The van der Waals surface area contributed by atoms with E-state index in [0.717, 1.165) is 5.56 Å². The van der Waals surface area contributed by atoms with Crippen LogP contribution in [0, 0.1) is 5.82 Å². The number of para-hydroxylation sites is 1. The Kier molecular flexibility index (Phi) is 6.29. The van der Waals surface area contributed by atoms with Gasteiger partial charge in [0.15, 0.2) is 0 Å². The smallest absolute Gasteiger partial charge is 0.323 e. The topological polar surface area (TPSA) is 100 Å². The molecule has 3 N–H and O–H groups in total. The SMILES string of the molecule is CN(C)C(=O)C[C@@H]1C[C@@H]2c3cc(NC(=O)Nc4ccccc4F)ccc3O[C@@H]2[C@H](CO)O1. The molecule has 1 fully saturated rings. The van der Waals surface area contributed by atoms with E-state index >= 15 is 0 Å². The Hall–Kier alpha value is -3.17. The van der Waals surface area contributed by atoms with E-state index in [0.29, 0.717) is 17.9 Å². The molecule has 2 heterocycles. The van der Waals surface area contributed by atoms with Crippen LogP contribution >= 0.6 is 0 Å². The van der Waals surface area contributed by atoms with Gasteiger partial charge >= 0.3 is 6.03 Å². The van der Waals surface area contributed by atoms with Gasteiger partial charge in [0.1, 0.15) is 23.8 Å². The van der Waals surface area contributed by atoms with Gasteiger partial charge in [0.05, 0.1) is 24.8 Å². The van der Waals surface area contributed by atoms with Gasteiger partial charge in [-0.3, -0.25) is 4.79 Å². The third kappa shape index (κ3) is 4.53. The van der Waals surface area contributed by atoms with E-state index in [1.807, 2.05) is 6.07 Å². The van der Waals surface area contributed by atoms with E-state index < -0.39 is 18.0 Å². The summed E-state index contributed by atoms with van der Waals surface area (Å²) in [6.45, 7) is -0.224. The molecule has 2 aromatic rings. The van der Waals surface area contributed by atoms with E-state index in [9.17, 15) is 19.1 Å². The summed E-state index contributed by atoms with van der Waals surface area (Å²) in [5.74, 6) is -0.0122. The highest BCUT2D eigenvalue weighted by molar-refractivity contribution is 5.99. The van der Waals surface area contributed by atoms with Gasteiger partial charge in [-0.05, 0) is 36.8 Å². The van der Waals surface area contributed by atoms with Crippen molar-refractivity contribution in [1.82, 2.24) is 4.90 Å². The summed E-state index contributed by atoms with van der Waals surface area (Å²) in [5, 5.41) is 15.0. The molecule has 2 aromatic carbocycles. The molecule has 0 bridgehead atoms. The zero-order valence-corrected chi connectivity index (χ0v) is 17.9. The van der Waals surface area contributed by atoms with Crippen molar-refractivity contribution < 1.29 is 28.6 Å². The maximum Gasteiger partial charge on any atom is 0.323 e. The Labute approximate surface area is 185 Å². The number of amides is 3. The number of nitrogens with zero attached hydrogens (tertiary/aromatic N) is 1. The van der Waals surface area contributed by atoms with Crippen LogP contribution in [-0.4, -0.2) is 61.0 Å². The number of halogens is 1. The highest BCUT2D eigenvalue weighted by Crippen LogP contribution is 2.47. The van der Waals surface area contributed by atoms with Gasteiger partial charge in [-0.15, -0.1) is 0 Å². The first kappa shape index (κ1) is 22.0. The lowest BCUT2D eigenvalue weighted by Gasteiger charge is -2.37. The monoisotopic (exact) mass is 443 g/mol. The number of carbonyl (C=O) groups is 2. The lowest BCUT2D eigenvalue weighted by molar-refractivity contribution is -0.147. The Balaban J connectivity index is 1.49. The van der Waals surface area contributed by atoms with Gasteiger partial charge in [-0.2, -0.15) is 0 Å². The van der Waals surface area contributed by atoms with Gasteiger partial charge < -0.3 is 30.1 Å². The molecule has 8 nitrogen and oxygen atoms in total. The summed E-state index contributed by atoms with van der Waals surface area (Å²) in [6.07, 6.45) is -0.507. The molecule has 0 aliphatic carbocycles. The van der Waals surface area contributed by atoms with Crippen LogP contribution in [0.15, 0.2) is 42.5 Å². The zero-order chi connectivity index (χ0) is 22.8. The average Bonchev–Trinajstić information content (AvgIpc) is 3.12. The second-order valence-corrected chi connectivity index (χ2v) is 8.21. The molecule has 0 saturated carbocycles. The molecule has 2 aliphatic rings. The van der Waals surface area contributed by atoms with Crippen molar-refractivity contribution in [2.75, 3.05) is 31.3 Å². The normalized spacial score (nSPS) is 23.5. The van der Waals surface area contributed by atoms with E-state index in [4.69, 9.17) is 9.47 Å². The number of aliphatic hydroxyl groups is 1. The molecule has 9 heteroatoms. The number of benzene rings is 2. The molecule has 3 amide bonds. The first-order valence-electron chi connectivity index (χ1n) is 10.4. The number of anilines is 2. The van der Waals surface area contributed by atoms with Crippen molar-refractivity contribution in [2.24, 2.45) is 0 Å². The number of rotatable bonds is 5. The molecule has 4 rings (SSSR count). The molecule has 32 heavy (non-hydrogen) atoms. The van der Waals surface area contributed by atoms with Gasteiger partial charge in [0.2, 0.25) is 5.91 Å². The largest absolute Gasteiger partial charge is 0.487 e. The summed E-state index contributed by atoms with van der Waals surface area (Å²) >= 11 is 0. The molecule has 0 radical (unpaired) electrons. The molecule has 4 atom stereocenters. The summed E-state index contributed by atoms with van der Waals surface area (Å²) in [4.78, 5) is 26.0. The summed E-state index contributed by atoms with van der Waals surface area (Å²) in [7, 11) is 3.38. The highest BCUT2D eigenvalue weighted by Gasteiger charge is 2.46. The Morgan fingerprint density at radius 2 is 1.97 bits per heavy atom. The zero-order valence-electron chi connectivity index (χ0n) is 17.9. The number of nitrogens with one attached hydrogen (secondary N) is 2. The van der Waals surface area contributed by atoms with Crippen LogP contribution in [0.25, 0.3) is 0 Å². The van der Waals surface area contributed by atoms with Crippen molar-refractivity contribution in [3.63, 3.8) is 0 Å². The predicted molar refractivity (Wildman–Crippen MR) is 116 cm³/mol. The number of ether oxygens (including phenoxy) is 2. The Morgan fingerprint density at radius 1 is 1.19 bits per heavy atom. The molecular formula is C23H26FN3O5. The third-order valence-electron chi connectivity index (χ3n) is 5.78. The minimum absolute atomic E-state index is 0.0514. The molecule has 2 aliphatic heterocycles. The molecule has 1 saturated heterocycles. The standard InChI is InChI=1S/C23H26FN3O5/c1-27(2)21(29)11-14-10-16-15-9-13(7-8-19(15)32-22(16)20(12-28)31-14)25-23(30)26-18-6-4-3-5-17(18)24/h3-9,14,16,20,22,28H,10-12H2,1-2H3,(H2,25,26,30)/t14-,16+,20-,22-/m0/s1. The number of urea groups is 1. The van der Waals surface area contributed by atoms with Crippen LogP contribution in [0.5, 0.6) is 5.75 Å². The van der Waals surface area contributed by atoms with Gasteiger partial charge in [0.25, 0.3) is 0 Å². The lowest BCUT2D eigenvalue weighted by atomic mass is 9.84. The van der Waals surface area contributed by atoms with Crippen LogP contribution in [0.1, 0.15) is 24.3 Å². The average molecular weight is 443 g/mol. The Morgan fingerprint density at radius 3 is 2.69 bits per heavy atom. The maximum atomic E-state index is 13.8. The minimum Gasteiger partial charge on any atom is -0.487 e. The van der Waals surface area contributed by atoms with Gasteiger partial charge in [0, 0.05) is 31.3 Å². The molecule has 0 aromatic heterocycles. The molecule has 170 valence electrons. The number of carbonyl (C=O) groups excluding carboxylic acids is 2. The Bertz CT molecular complexity index is 1010. The highest BCUT2D eigenvalue weighted by atomic mass is 19.1. The number of fused-ring (bicyclic) bond motifs is 3. The second-order valence-electron chi connectivity index (χ2n) is 8.21. The van der Waals surface area contributed by atoms with Gasteiger partial charge in [-0.1, -0.05) is 12.1 Å². The predicted octanol–water partition coefficient (Wildman–Crippen LogP) is 2.94. The van der Waals surface area contributed by atoms with Crippen molar-refractivity contribution in [2.45, 2.75) is 37.1 Å². The molecule has 0 unspecified atom stereocenters. The van der Waals surface area contributed by atoms with Gasteiger partial charge in [-0.25, -0.2) is 9.18 Å². The third-order valence-corrected chi connectivity index (χ3v) is 5.78. The van der Waals surface area contributed by atoms with Crippen molar-refractivity contribution >= 4 is 23.3 Å². The number of aliphatic hydroxyl groups excluding tert-OH is 1. The first-order chi connectivity index (χ1) is 15.4. The number of hydrogen-bond acceptors (Lipinski definition) is 5. The summed E-state index contributed by atoms with van der Waals surface area (Å²) in [6, 6.07) is 10.6. The summed E-state index contributed by atoms with van der Waals surface area (Å²) < 4.78 is 25.7. The lowest BCUT2D eigenvalue weighted by Crippen LogP contribution is -2.47. The molecule has 0 spiro atoms. The number of hydrogen-bond donors (Lipinski definition) is 3. The fourth-order valence-electron chi connectivity index (χ4n) is 4.19. The fourth-order valence-corrected chi connectivity index (χ4v) is 4.19. The van der Waals surface area contributed by atoms with Crippen LogP contribution in [-0.2, 0) is 9.53 Å². The van der Waals surface area contributed by atoms with E-state index in [1.54, 1.807) is 38.4 Å². The van der Waals surface area contributed by atoms with E-state index in [1.165, 1.54) is 17.0 Å². The van der Waals surface area contributed by atoms with Crippen LogP contribution in [0.4, 0.5) is 20.6 Å². The van der Waals surface area contributed by atoms with Crippen LogP contribution < -0.4 is 15.4 Å². The van der Waals surface area contributed by atoms with Crippen LogP contribution in [0.2, 0.25) is 0 Å². The van der Waals surface area contributed by atoms with Crippen LogP contribution in [0.3, 0.4) is 0 Å². The van der Waals surface area contributed by atoms with Crippen molar-refractivity contribution in [1.29, 1.82) is 0 Å². The summed E-state index contributed by atoms with van der Waals surface area (Å²) in [5.41, 5.74) is 1.48. The van der Waals surface area contributed by atoms with Crippen molar-refractivity contribution in [3.05, 3.63) is 53.8 Å². The first-order valence-corrected chi connectivity index (χ1v) is 10.4. The fraction of sp³-hybridized carbons (Fsp3) is 0.391. The minimum atomic E-state index is -0.569. The molecular weight excluding hydrogens is 417 g/mol. The second kappa shape index (κ2) is 9.13. The van der Waals surface area contributed by atoms with E-state index in [-0.39, 0.29) is 42.7 Å². The maximum absolute atomic E-state index is 13.8.